The highest BCUT2D eigenvalue weighted by molar-refractivity contribution is 5.54. The van der Waals surface area contributed by atoms with Crippen LogP contribution >= 0.6 is 0 Å². The molecule has 1 N–H and O–H groups in total. The highest BCUT2D eigenvalue weighted by Crippen LogP contribution is 2.23. The van der Waals surface area contributed by atoms with Crippen LogP contribution in [0.15, 0.2) is 24.3 Å². The summed E-state index contributed by atoms with van der Waals surface area (Å²) in [5, 5.41) is 3.68. The number of nitrogens with zero attached hydrogens (tertiary/aromatic N) is 1. The van der Waals surface area contributed by atoms with Crippen LogP contribution in [-0.2, 0) is 11.2 Å². The number of para-hydroxylation sites is 1. The Kier molecular flexibility index (Phi) is 5.86. The molecule has 1 fully saturated rings. The van der Waals surface area contributed by atoms with Crippen molar-refractivity contribution in [1.29, 1.82) is 0 Å². The van der Waals surface area contributed by atoms with Crippen LogP contribution in [0.1, 0.15) is 25.8 Å². The Balaban J connectivity index is 2.16. The summed E-state index contributed by atoms with van der Waals surface area (Å²) in [6, 6.07) is 9.34. The molecule has 1 aliphatic heterocycles. The van der Waals surface area contributed by atoms with Crippen LogP contribution in [0.5, 0.6) is 0 Å². The maximum Gasteiger partial charge on any atom is 0.0503 e. The van der Waals surface area contributed by atoms with Crippen LogP contribution in [-0.4, -0.2) is 39.4 Å². The number of hydrogen-bond donors (Lipinski definition) is 1. The van der Waals surface area contributed by atoms with E-state index in [0.717, 1.165) is 32.7 Å². The van der Waals surface area contributed by atoms with E-state index in [1.54, 1.807) is 7.11 Å². The van der Waals surface area contributed by atoms with Gasteiger partial charge >= 0.3 is 0 Å². The van der Waals surface area contributed by atoms with Crippen LogP contribution in [0.4, 0.5) is 5.69 Å². The molecule has 3 heteroatoms. The number of rotatable bonds is 5. The third-order valence-corrected chi connectivity index (χ3v) is 4.14. The molecule has 1 aliphatic rings. The molecule has 0 amide bonds. The van der Waals surface area contributed by atoms with Gasteiger partial charge in [0, 0.05) is 31.9 Å². The number of ether oxygens (including phenoxy) is 1. The zero-order valence-electron chi connectivity index (χ0n) is 13.1. The molecule has 0 bridgehead atoms. The average Bonchev–Trinajstić information content (AvgIpc) is 2.71. The van der Waals surface area contributed by atoms with E-state index in [1.165, 1.54) is 17.7 Å². The summed E-state index contributed by atoms with van der Waals surface area (Å²) in [5.41, 5.74) is 2.79. The van der Waals surface area contributed by atoms with Gasteiger partial charge in [-0.2, -0.15) is 0 Å². The van der Waals surface area contributed by atoms with Crippen molar-refractivity contribution in [3.8, 4) is 0 Å². The summed E-state index contributed by atoms with van der Waals surface area (Å²) in [6.45, 7) is 8.76. The van der Waals surface area contributed by atoms with Gasteiger partial charge < -0.3 is 15.0 Å². The van der Waals surface area contributed by atoms with Crippen molar-refractivity contribution in [2.24, 2.45) is 5.92 Å². The molecule has 0 spiro atoms. The molecule has 112 valence electrons. The van der Waals surface area contributed by atoms with Gasteiger partial charge in [-0.3, -0.25) is 0 Å². The maximum absolute atomic E-state index is 5.24. The molecule has 1 saturated heterocycles. The van der Waals surface area contributed by atoms with E-state index in [4.69, 9.17) is 4.74 Å². The lowest BCUT2D eigenvalue weighted by atomic mass is 10.0. The van der Waals surface area contributed by atoms with E-state index in [-0.39, 0.29) is 0 Å². The summed E-state index contributed by atoms with van der Waals surface area (Å²) in [4.78, 5) is 2.55. The lowest BCUT2D eigenvalue weighted by Gasteiger charge is -2.30. The number of benzene rings is 1. The van der Waals surface area contributed by atoms with Crippen molar-refractivity contribution in [2.45, 2.75) is 32.7 Å². The van der Waals surface area contributed by atoms with Crippen molar-refractivity contribution in [2.75, 3.05) is 38.3 Å². The number of hydrogen-bond acceptors (Lipinski definition) is 3. The fourth-order valence-corrected chi connectivity index (χ4v) is 2.86. The third-order valence-electron chi connectivity index (χ3n) is 4.14. The Labute approximate surface area is 123 Å². The predicted molar refractivity (Wildman–Crippen MR) is 85.5 cm³/mol. The molecule has 1 aromatic rings. The van der Waals surface area contributed by atoms with Crippen molar-refractivity contribution >= 4 is 5.69 Å². The van der Waals surface area contributed by atoms with Gasteiger partial charge in [-0.05, 0) is 36.9 Å². The second-order valence-electron chi connectivity index (χ2n) is 5.98. The van der Waals surface area contributed by atoms with E-state index in [2.05, 4.69) is 48.3 Å². The maximum atomic E-state index is 5.24. The Morgan fingerprint density at radius 3 is 2.90 bits per heavy atom. The first-order valence-electron chi connectivity index (χ1n) is 7.77. The fraction of sp³-hybridized carbons (Fsp3) is 0.647. The van der Waals surface area contributed by atoms with E-state index in [9.17, 15) is 0 Å². The second kappa shape index (κ2) is 7.65. The molecule has 0 saturated carbocycles. The first kappa shape index (κ1) is 15.3. The number of methoxy groups -OCH3 is 1. The minimum atomic E-state index is 0.577. The molecule has 2 rings (SSSR count). The third kappa shape index (κ3) is 3.97. The molecule has 0 aromatic heterocycles. The van der Waals surface area contributed by atoms with Crippen LogP contribution in [0.3, 0.4) is 0 Å². The molecular formula is C17H28N2O. The monoisotopic (exact) mass is 276 g/mol. The Morgan fingerprint density at radius 1 is 1.35 bits per heavy atom. The van der Waals surface area contributed by atoms with Gasteiger partial charge in [-0.1, -0.05) is 32.0 Å². The molecule has 1 unspecified atom stereocenters. The van der Waals surface area contributed by atoms with Crippen LogP contribution < -0.4 is 10.2 Å². The summed E-state index contributed by atoms with van der Waals surface area (Å²) in [7, 11) is 1.77. The fourth-order valence-electron chi connectivity index (χ4n) is 2.86. The minimum Gasteiger partial charge on any atom is -0.384 e. The first-order valence-corrected chi connectivity index (χ1v) is 7.77. The predicted octanol–water partition coefficient (Wildman–Crippen LogP) is 2.70. The zero-order valence-corrected chi connectivity index (χ0v) is 13.1. The van der Waals surface area contributed by atoms with Crippen molar-refractivity contribution in [3.05, 3.63) is 29.8 Å². The summed E-state index contributed by atoms with van der Waals surface area (Å²) in [5.74, 6) is 0.668. The van der Waals surface area contributed by atoms with Gasteiger partial charge in [-0.25, -0.2) is 0 Å². The van der Waals surface area contributed by atoms with Gasteiger partial charge in [0.25, 0.3) is 0 Å². The quantitative estimate of drug-likeness (QED) is 0.895. The number of anilines is 1. The summed E-state index contributed by atoms with van der Waals surface area (Å²) in [6.07, 6.45) is 2.20. The minimum absolute atomic E-state index is 0.577. The summed E-state index contributed by atoms with van der Waals surface area (Å²) < 4.78 is 5.24. The molecule has 0 radical (unpaired) electrons. The molecular weight excluding hydrogens is 248 g/mol. The highest BCUT2D eigenvalue weighted by Gasteiger charge is 2.21. The highest BCUT2D eigenvalue weighted by atomic mass is 16.5. The largest absolute Gasteiger partial charge is 0.384 e. The molecule has 3 nitrogen and oxygen atoms in total. The Hall–Kier alpha value is -1.06. The lowest BCUT2D eigenvalue weighted by molar-refractivity contribution is 0.202. The van der Waals surface area contributed by atoms with Gasteiger partial charge in [0.05, 0.1) is 6.61 Å². The lowest BCUT2D eigenvalue weighted by Crippen LogP contribution is -2.41. The Bertz CT molecular complexity index is 406. The average molecular weight is 276 g/mol. The zero-order chi connectivity index (χ0) is 14.4. The van der Waals surface area contributed by atoms with Crippen LogP contribution in [0, 0.1) is 5.92 Å². The second-order valence-corrected chi connectivity index (χ2v) is 5.98. The molecule has 1 aromatic carbocycles. The van der Waals surface area contributed by atoms with Crippen LogP contribution in [0.2, 0.25) is 0 Å². The molecule has 20 heavy (non-hydrogen) atoms. The molecule has 1 heterocycles. The van der Waals surface area contributed by atoms with E-state index < -0.39 is 0 Å². The first-order chi connectivity index (χ1) is 9.72. The normalized spacial score (nSPS) is 20.2. The van der Waals surface area contributed by atoms with Gasteiger partial charge in [0.1, 0.15) is 0 Å². The number of nitrogens with one attached hydrogen (secondary N) is 1. The summed E-state index contributed by atoms with van der Waals surface area (Å²) >= 11 is 0. The van der Waals surface area contributed by atoms with E-state index in [1.807, 2.05) is 0 Å². The smallest absolute Gasteiger partial charge is 0.0503 e. The van der Waals surface area contributed by atoms with Crippen LogP contribution in [0.25, 0.3) is 0 Å². The van der Waals surface area contributed by atoms with E-state index >= 15 is 0 Å². The van der Waals surface area contributed by atoms with Gasteiger partial charge in [0.15, 0.2) is 0 Å². The standard InChI is InChI=1S/C17H28N2O/c1-14(2)16-13-19(11-6-10-18-16)17-8-5-4-7-15(17)9-12-20-3/h4-5,7-8,14,16,18H,6,9-13H2,1-3H3. The molecule has 1 atom stereocenters. The topological polar surface area (TPSA) is 24.5 Å². The molecule has 0 aliphatic carbocycles. The van der Waals surface area contributed by atoms with Gasteiger partial charge in [0.2, 0.25) is 0 Å². The van der Waals surface area contributed by atoms with E-state index in [0.29, 0.717) is 12.0 Å². The SMILES string of the molecule is COCCc1ccccc1N1CCCNC(C(C)C)C1. The van der Waals surface area contributed by atoms with Crippen molar-refractivity contribution in [3.63, 3.8) is 0 Å². The van der Waals surface area contributed by atoms with Crippen molar-refractivity contribution < 1.29 is 4.74 Å². The van der Waals surface area contributed by atoms with Crippen molar-refractivity contribution in [1.82, 2.24) is 5.32 Å². The Morgan fingerprint density at radius 2 is 2.15 bits per heavy atom. The van der Waals surface area contributed by atoms with Gasteiger partial charge in [-0.15, -0.1) is 0 Å².